The van der Waals surface area contributed by atoms with Gasteiger partial charge in [-0.05, 0) is 86.9 Å². The van der Waals surface area contributed by atoms with E-state index in [4.69, 9.17) is 0 Å². The summed E-state index contributed by atoms with van der Waals surface area (Å²) in [6, 6.07) is 26.4. The summed E-state index contributed by atoms with van der Waals surface area (Å²) >= 11 is 2.75. The maximum absolute atomic E-state index is 2.75. The Balaban J connectivity index is 2.42. The van der Waals surface area contributed by atoms with Gasteiger partial charge in [-0.1, -0.05) is 78.4 Å². The zero-order chi connectivity index (χ0) is 18.0. The number of aryl methyl sites for hydroxylation is 3. The summed E-state index contributed by atoms with van der Waals surface area (Å²) in [4.78, 5) is 0. The van der Waals surface area contributed by atoms with Gasteiger partial charge in [-0.2, -0.15) is 0 Å². The van der Waals surface area contributed by atoms with E-state index in [1.807, 2.05) is 0 Å². The number of benzene rings is 3. The van der Waals surface area contributed by atoms with Crippen molar-refractivity contribution in [3.05, 3.63) is 101 Å². The van der Waals surface area contributed by atoms with Gasteiger partial charge in [0.1, 0.15) is 0 Å². The van der Waals surface area contributed by atoms with Crippen LogP contribution in [0, 0.1) is 20.8 Å². The SMILES string of the molecule is Cc1cc(C)c(P(C)(I)=C(c2ccccc2)c2ccccc2)c(C)c1. The highest BCUT2D eigenvalue weighted by Gasteiger charge is 2.23. The van der Waals surface area contributed by atoms with E-state index in [1.165, 1.54) is 38.4 Å². The summed E-state index contributed by atoms with van der Waals surface area (Å²) in [5, 5.41) is 3.01. The van der Waals surface area contributed by atoms with Crippen molar-refractivity contribution in [3.63, 3.8) is 0 Å². The van der Waals surface area contributed by atoms with Crippen molar-refractivity contribution in [2.75, 3.05) is 6.66 Å². The maximum atomic E-state index is 2.75. The molecule has 3 aromatic rings. The standard InChI is InChI=1S/C23H24IP/c1-17-15-18(2)22(19(3)16-17)25(4,24)23(20-11-7-5-8-12-20)21-13-9-6-10-14-21/h5-16H,1-4H3. The monoisotopic (exact) mass is 458 g/mol. The molecule has 0 nitrogen and oxygen atoms in total. The summed E-state index contributed by atoms with van der Waals surface area (Å²) < 4.78 is -1.56. The summed E-state index contributed by atoms with van der Waals surface area (Å²) in [6.07, 6.45) is 0. The van der Waals surface area contributed by atoms with Crippen molar-refractivity contribution in [2.24, 2.45) is 0 Å². The largest absolute Gasteiger partial charge is 0.0622 e. The van der Waals surface area contributed by atoms with E-state index in [-0.39, 0.29) is 0 Å². The molecule has 0 aliphatic rings. The predicted molar refractivity (Wildman–Crippen MR) is 123 cm³/mol. The molecule has 3 rings (SSSR count). The van der Waals surface area contributed by atoms with Gasteiger partial charge in [0.15, 0.2) is 0 Å². The Hall–Kier alpha value is -1.31. The molecule has 1 atom stereocenters. The van der Waals surface area contributed by atoms with Crippen LogP contribution in [0.25, 0.3) is 0 Å². The molecule has 1 unspecified atom stereocenters. The van der Waals surface area contributed by atoms with Crippen LogP contribution in [0.15, 0.2) is 72.8 Å². The average Bonchev–Trinajstić information content (AvgIpc) is 2.55. The summed E-state index contributed by atoms with van der Waals surface area (Å²) in [6.45, 7) is 9.17. The second kappa shape index (κ2) is 7.51. The fraction of sp³-hybridized carbons (Fsp3) is 0.174. The van der Waals surface area contributed by atoms with Crippen LogP contribution < -0.4 is 5.30 Å². The molecule has 0 spiro atoms. The van der Waals surface area contributed by atoms with Crippen molar-refractivity contribution in [2.45, 2.75) is 20.8 Å². The minimum absolute atomic E-state index is 1.33. The highest BCUT2D eigenvalue weighted by atomic mass is 127. The minimum Gasteiger partial charge on any atom is -0.0622 e. The van der Waals surface area contributed by atoms with Crippen LogP contribution in [-0.2, 0) is 0 Å². The summed E-state index contributed by atoms with van der Waals surface area (Å²) in [5.41, 5.74) is 6.83. The molecule has 3 aromatic carbocycles. The molecule has 0 aromatic heterocycles. The average molecular weight is 458 g/mol. The molecule has 128 valence electrons. The van der Waals surface area contributed by atoms with Gasteiger partial charge < -0.3 is 0 Å². The van der Waals surface area contributed by atoms with Crippen molar-refractivity contribution in [3.8, 4) is 0 Å². The zero-order valence-electron chi connectivity index (χ0n) is 15.3. The smallest absolute Gasteiger partial charge is 0.000236 e. The van der Waals surface area contributed by atoms with E-state index >= 15 is 0 Å². The van der Waals surface area contributed by atoms with E-state index in [0.717, 1.165) is 0 Å². The summed E-state index contributed by atoms with van der Waals surface area (Å²) in [5.74, 6) is 0. The van der Waals surface area contributed by atoms with Crippen molar-refractivity contribution in [1.82, 2.24) is 0 Å². The molecule has 0 heterocycles. The fourth-order valence-electron chi connectivity index (χ4n) is 3.79. The minimum atomic E-state index is -1.56. The lowest BCUT2D eigenvalue weighted by molar-refractivity contribution is 1.36. The summed E-state index contributed by atoms with van der Waals surface area (Å²) in [7, 11) is 0. The Bertz CT molecular complexity index is 870. The van der Waals surface area contributed by atoms with E-state index in [9.17, 15) is 0 Å². The Kier molecular flexibility index (Phi) is 5.55. The lowest BCUT2D eigenvalue weighted by Crippen LogP contribution is -2.17. The predicted octanol–water partition coefficient (Wildman–Crippen LogP) is 6.50. The molecule has 0 amide bonds. The lowest BCUT2D eigenvalue weighted by atomic mass is 10.1. The van der Waals surface area contributed by atoms with E-state index in [2.05, 4.69) is 122 Å². The molecule has 25 heavy (non-hydrogen) atoms. The van der Waals surface area contributed by atoms with E-state index in [0.29, 0.717) is 0 Å². The van der Waals surface area contributed by atoms with Gasteiger partial charge in [-0.3, -0.25) is 0 Å². The quantitative estimate of drug-likeness (QED) is 0.310. The molecular weight excluding hydrogens is 434 g/mol. The van der Waals surface area contributed by atoms with Gasteiger partial charge in [0.05, 0.1) is 0 Å². The Labute approximate surface area is 164 Å². The van der Waals surface area contributed by atoms with Crippen LogP contribution in [0.3, 0.4) is 0 Å². The first-order chi connectivity index (χ1) is 11.9. The Morgan fingerprint density at radius 1 is 0.720 bits per heavy atom. The molecule has 0 radical (unpaired) electrons. The van der Waals surface area contributed by atoms with Gasteiger partial charge in [-0.15, -0.1) is 0 Å². The van der Waals surface area contributed by atoms with Crippen molar-refractivity contribution < 1.29 is 0 Å². The van der Waals surface area contributed by atoms with Gasteiger partial charge in [0, 0.05) is 0 Å². The lowest BCUT2D eigenvalue weighted by Gasteiger charge is -2.26. The van der Waals surface area contributed by atoms with Crippen molar-refractivity contribution in [1.29, 1.82) is 0 Å². The molecule has 0 aliphatic heterocycles. The zero-order valence-corrected chi connectivity index (χ0v) is 18.3. The van der Waals surface area contributed by atoms with Crippen LogP contribution in [0.4, 0.5) is 0 Å². The van der Waals surface area contributed by atoms with Crippen LogP contribution in [0.1, 0.15) is 27.8 Å². The number of hydrogen-bond acceptors (Lipinski definition) is 0. The molecule has 0 saturated carbocycles. The maximum Gasteiger partial charge on any atom is -0.000236 e. The third-order valence-corrected chi connectivity index (χ3v) is 10.4. The highest BCUT2D eigenvalue weighted by molar-refractivity contribution is 14.2. The molecule has 2 heteroatoms. The second-order valence-corrected chi connectivity index (χ2v) is 15.2. The first kappa shape index (κ1) is 18.5. The molecular formula is C23H24IP. The van der Waals surface area contributed by atoms with E-state index < -0.39 is 4.53 Å². The van der Waals surface area contributed by atoms with Crippen LogP contribution in [0.2, 0.25) is 0 Å². The molecule has 0 fully saturated rings. The number of hydrogen-bond donors (Lipinski definition) is 0. The fourth-order valence-corrected chi connectivity index (χ4v) is 10.7. The molecule has 0 N–H and O–H groups in total. The van der Waals surface area contributed by atoms with Gasteiger partial charge in [0.2, 0.25) is 0 Å². The van der Waals surface area contributed by atoms with E-state index in [1.54, 1.807) is 0 Å². The Morgan fingerprint density at radius 2 is 1.12 bits per heavy atom. The number of halogens is 1. The van der Waals surface area contributed by atoms with Gasteiger partial charge in [0.25, 0.3) is 0 Å². The molecule has 0 aliphatic carbocycles. The van der Waals surface area contributed by atoms with Crippen molar-refractivity contribution >= 4 is 37.2 Å². The normalized spacial score (nSPS) is 13.3. The third-order valence-electron chi connectivity index (χ3n) is 4.57. The second-order valence-electron chi connectivity index (χ2n) is 6.73. The Morgan fingerprint density at radius 3 is 1.52 bits per heavy atom. The highest BCUT2D eigenvalue weighted by Crippen LogP contribution is 2.56. The number of rotatable bonds is 3. The first-order valence-corrected chi connectivity index (χ1v) is 13.6. The van der Waals surface area contributed by atoms with Crippen LogP contribution in [-0.4, -0.2) is 12.0 Å². The molecule has 0 bridgehead atoms. The third kappa shape index (κ3) is 3.78. The van der Waals surface area contributed by atoms with Gasteiger partial charge in [-0.25, -0.2) is 0 Å². The molecule has 0 saturated heterocycles. The van der Waals surface area contributed by atoms with Crippen LogP contribution in [0.5, 0.6) is 0 Å². The topological polar surface area (TPSA) is 0 Å². The first-order valence-electron chi connectivity index (χ1n) is 8.54. The van der Waals surface area contributed by atoms with Crippen LogP contribution >= 0.6 is 26.6 Å². The van der Waals surface area contributed by atoms with Gasteiger partial charge >= 0.3 is 0 Å².